The highest BCUT2D eigenvalue weighted by Crippen LogP contribution is 2.26. The van der Waals surface area contributed by atoms with Crippen molar-refractivity contribution < 1.29 is 9.32 Å². The first-order chi connectivity index (χ1) is 10.8. The van der Waals surface area contributed by atoms with Crippen LogP contribution >= 0.6 is 0 Å². The minimum atomic E-state index is -0.134. The Labute approximate surface area is 135 Å². The molecule has 23 heavy (non-hydrogen) atoms. The molecule has 0 saturated carbocycles. The van der Waals surface area contributed by atoms with Crippen molar-refractivity contribution >= 4 is 5.91 Å². The summed E-state index contributed by atoms with van der Waals surface area (Å²) in [4.78, 5) is 18.9. The van der Waals surface area contributed by atoms with Crippen LogP contribution in [0.2, 0.25) is 0 Å². The first-order valence-corrected chi connectivity index (χ1v) is 7.99. The molecule has 7 heteroatoms. The number of likely N-dealkylation sites (tertiary alicyclic amines) is 1. The van der Waals surface area contributed by atoms with Crippen LogP contribution in [-0.2, 0) is 5.54 Å². The second kappa shape index (κ2) is 5.79. The molecule has 2 aromatic heterocycles. The van der Waals surface area contributed by atoms with Crippen molar-refractivity contribution in [3.8, 4) is 0 Å². The Morgan fingerprint density at radius 2 is 2.17 bits per heavy atom. The fraction of sp³-hybridized carbons (Fsp3) is 0.625. The van der Waals surface area contributed by atoms with Gasteiger partial charge in [-0.05, 0) is 33.6 Å². The first-order valence-electron chi connectivity index (χ1n) is 7.99. The predicted molar refractivity (Wildman–Crippen MR) is 84.1 cm³/mol. The van der Waals surface area contributed by atoms with Gasteiger partial charge in [0.15, 0.2) is 5.82 Å². The molecular weight excluding hydrogens is 294 g/mol. The van der Waals surface area contributed by atoms with Gasteiger partial charge in [0.2, 0.25) is 5.89 Å². The first kappa shape index (κ1) is 15.7. The molecule has 2 aromatic rings. The van der Waals surface area contributed by atoms with E-state index < -0.39 is 0 Å². The maximum Gasteiger partial charge on any atom is 0.257 e. The summed E-state index contributed by atoms with van der Waals surface area (Å²) in [6.45, 7) is 9.34. The average molecular weight is 317 g/mol. The van der Waals surface area contributed by atoms with E-state index in [4.69, 9.17) is 4.52 Å². The van der Waals surface area contributed by atoms with Gasteiger partial charge in [-0.15, -0.1) is 0 Å². The molecule has 0 aliphatic carbocycles. The number of carbonyl (C=O) groups is 1. The van der Waals surface area contributed by atoms with Crippen LogP contribution in [0.25, 0.3) is 0 Å². The minimum absolute atomic E-state index is 0.0189. The normalized spacial score (nSPS) is 19.1. The predicted octanol–water partition coefficient (Wildman–Crippen LogP) is 2.35. The Morgan fingerprint density at radius 1 is 1.39 bits per heavy atom. The third-order valence-electron chi connectivity index (χ3n) is 4.13. The Morgan fingerprint density at radius 3 is 2.78 bits per heavy atom. The van der Waals surface area contributed by atoms with Crippen molar-refractivity contribution in [3.05, 3.63) is 29.7 Å². The summed E-state index contributed by atoms with van der Waals surface area (Å²) in [5, 5.41) is 8.32. The highest BCUT2D eigenvalue weighted by molar-refractivity contribution is 5.93. The summed E-state index contributed by atoms with van der Waals surface area (Å²) in [5.41, 5.74) is 0.496. The van der Waals surface area contributed by atoms with E-state index in [1.165, 1.54) is 0 Å². The van der Waals surface area contributed by atoms with Crippen LogP contribution < -0.4 is 0 Å². The minimum Gasteiger partial charge on any atom is -0.340 e. The number of nitrogens with zero attached hydrogens (tertiary/aromatic N) is 5. The van der Waals surface area contributed by atoms with Gasteiger partial charge in [-0.25, -0.2) is 0 Å². The summed E-state index contributed by atoms with van der Waals surface area (Å²) in [5.74, 6) is 1.42. The second-order valence-electron chi connectivity index (χ2n) is 7.11. The van der Waals surface area contributed by atoms with Crippen molar-refractivity contribution in [1.29, 1.82) is 0 Å². The maximum absolute atomic E-state index is 12.7. The zero-order chi connectivity index (χ0) is 16.6. The van der Waals surface area contributed by atoms with E-state index in [9.17, 15) is 4.79 Å². The zero-order valence-electron chi connectivity index (χ0n) is 14.1. The lowest BCUT2D eigenvalue weighted by Crippen LogP contribution is -2.39. The molecule has 1 fully saturated rings. The van der Waals surface area contributed by atoms with Crippen molar-refractivity contribution in [2.45, 2.75) is 52.0 Å². The monoisotopic (exact) mass is 317 g/mol. The molecule has 0 unspecified atom stereocenters. The SMILES string of the molecule is Cc1nc([C@@H]2CCCN(C(=O)c3cnn(C(C)(C)C)c3)C2)no1. The van der Waals surface area contributed by atoms with Crippen molar-refractivity contribution in [3.63, 3.8) is 0 Å². The van der Waals surface area contributed by atoms with E-state index >= 15 is 0 Å². The van der Waals surface area contributed by atoms with Gasteiger partial charge in [-0.2, -0.15) is 10.1 Å². The van der Waals surface area contributed by atoms with Gasteiger partial charge in [-0.1, -0.05) is 5.16 Å². The van der Waals surface area contributed by atoms with Crippen LogP contribution in [0.4, 0.5) is 0 Å². The van der Waals surface area contributed by atoms with Crippen LogP contribution in [0, 0.1) is 6.92 Å². The number of rotatable bonds is 2. The Bertz CT molecular complexity index is 697. The van der Waals surface area contributed by atoms with E-state index in [-0.39, 0.29) is 17.4 Å². The second-order valence-corrected chi connectivity index (χ2v) is 7.11. The molecule has 0 aromatic carbocycles. The molecule has 7 nitrogen and oxygen atoms in total. The third kappa shape index (κ3) is 3.28. The third-order valence-corrected chi connectivity index (χ3v) is 4.13. The Kier molecular flexibility index (Phi) is 3.95. The molecule has 3 rings (SSSR count). The molecule has 1 aliphatic rings. The van der Waals surface area contributed by atoms with Gasteiger partial charge in [0.1, 0.15) is 0 Å². The number of carbonyl (C=O) groups excluding carboxylic acids is 1. The number of aryl methyl sites for hydroxylation is 1. The summed E-state index contributed by atoms with van der Waals surface area (Å²) < 4.78 is 6.88. The number of hydrogen-bond acceptors (Lipinski definition) is 5. The Hall–Kier alpha value is -2.18. The maximum atomic E-state index is 12.7. The van der Waals surface area contributed by atoms with Gasteiger partial charge in [0.25, 0.3) is 5.91 Å². The van der Waals surface area contributed by atoms with Crippen LogP contribution in [0.1, 0.15) is 61.6 Å². The molecule has 1 atom stereocenters. The van der Waals surface area contributed by atoms with Gasteiger partial charge in [-0.3, -0.25) is 9.48 Å². The molecule has 0 spiro atoms. The molecule has 0 N–H and O–H groups in total. The lowest BCUT2D eigenvalue weighted by Gasteiger charge is -2.31. The molecular formula is C16H23N5O2. The molecule has 124 valence electrons. The van der Waals surface area contributed by atoms with Gasteiger partial charge in [0.05, 0.1) is 17.3 Å². The molecule has 1 aliphatic heterocycles. The van der Waals surface area contributed by atoms with Gasteiger partial charge >= 0.3 is 0 Å². The smallest absolute Gasteiger partial charge is 0.257 e. The standard InChI is InChI=1S/C16H23N5O2/c1-11-18-14(19-23-11)12-6-5-7-20(9-12)15(22)13-8-17-21(10-13)16(2,3)4/h8,10,12H,5-7,9H2,1-4H3/t12-/m1/s1. The van der Waals surface area contributed by atoms with Crippen molar-refractivity contribution in [2.75, 3.05) is 13.1 Å². The van der Waals surface area contributed by atoms with E-state index in [0.717, 1.165) is 19.4 Å². The summed E-state index contributed by atoms with van der Waals surface area (Å²) in [6, 6.07) is 0. The van der Waals surface area contributed by atoms with Crippen LogP contribution in [0.3, 0.4) is 0 Å². The number of aromatic nitrogens is 4. The van der Waals surface area contributed by atoms with E-state index in [2.05, 4.69) is 36.0 Å². The summed E-state index contributed by atoms with van der Waals surface area (Å²) in [6.07, 6.45) is 5.39. The molecule has 1 amide bonds. The molecule has 3 heterocycles. The molecule has 1 saturated heterocycles. The summed E-state index contributed by atoms with van der Waals surface area (Å²) >= 11 is 0. The van der Waals surface area contributed by atoms with Crippen molar-refractivity contribution in [2.24, 2.45) is 0 Å². The molecule has 0 radical (unpaired) electrons. The van der Waals surface area contributed by atoms with Crippen molar-refractivity contribution in [1.82, 2.24) is 24.8 Å². The topological polar surface area (TPSA) is 77.1 Å². The van der Waals surface area contributed by atoms with Crippen LogP contribution in [-0.4, -0.2) is 43.8 Å². The lowest BCUT2D eigenvalue weighted by atomic mass is 9.97. The summed E-state index contributed by atoms with van der Waals surface area (Å²) in [7, 11) is 0. The quantitative estimate of drug-likeness (QED) is 0.849. The zero-order valence-corrected chi connectivity index (χ0v) is 14.1. The fourth-order valence-electron chi connectivity index (χ4n) is 2.84. The van der Waals surface area contributed by atoms with Crippen LogP contribution in [0.15, 0.2) is 16.9 Å². The highest BCUT2D eigenvalue weighted by atomic mass is 16.5. The fourth-order valence-corrected chi connectivity index (χ4v) is 2.84. The number of piperidine rings is 1. The van der Waals surface area contributed by atoms with E-state index in [1.807, 2.05) is 15.8 Å². The largest absolute Gasteiger partial charge is 0.340 e. The molecule has 0 bridgehead atoms. The Balaban J connectivity index is 1.73. The van der Waals surface area contributed by atoms with E-state index in [1.54, 1.807) is 13.1 Å². The number of hydrogen-bond donors (Lipinski definition) is 0. The highest BCUT2D eigenvalue weighted by Gasteiger charge is 2.29. The van der Waals surface area contributed by atoms with Gasteiger partial charge < -0.3 is 9.42 Å². The van der Waals surface area contributed by atoms with E-state index in [0.29, 0.717) is 23.8 Å². The number of amides is 1. The van der Waals surface area contributed by atoms with Gasteiger partial charge in [0, 0.05) is 32.1 Å². The lowest BCUT2D eigenvalue weighted by molar-refractivity contribution is 0.0703. The average Bonchev–Trinajstić information content (AvgIpc) is 3.15. The van der Waals surface area contributed by atoms with Crippen LogP contribution in [0.5, 0.6) is 0 Å².